The molecule has 4 heterocycles. The summed E-state index contributed by atoms with van der Waals surface area (Å²) in [7, 11) is 2.03. The Bertz CT molecular complexity index is 1500. The van der Waals surface area contributed by atoms with E-state index in [2.05, 4.69) is 11.0 Å². The monoisotopic (exact) mass is 647 g/mol. The maximum atomic E-state index is 14.1. The molecule has 0 N–H and O–H groups in total. The molecule has 0 saturated carbocycles. The molecule has 14 heteroatoms. The minimum atomic E-state index is -4.64. The van der Waals surface area contributed by atoms with E-state index in [1.54, 1.807) is 31.9 Å². The standard InChI is InChI=1S/C31H37ClF3N7O3/c1-30(2,3)45-29(43)42-16-15-41(17-20(42)10-12-36)27-22-11-14-40(25-9-5-8-23(32)26(25)31(33,34)35)18-24(22)37-28(38-27)44-19-21-7-6-13-39(21)4/h5,8-9,17,21H,6-7,10-11,13-16,18-19H2,1-4H3/t21-/m0/s1. The normalized spacial score (nSPS) is 19.2. The Morgan fingerprint density at radius 1 is 1.16 bits per heavy atom. The Balaban J connectivity index is 1.51. The highest BCUT2D eigenvalue weighted by Gasteiger charge is 2.39. The Hall–Kier alpha value is -3.76. The summed E-state index contributed by atoms with van der Waals surface area (Å²) in [5, 5.41) is 9.18. The number of halogens is 4. The van der Waals surface area contributed by atoms with Crippen LogP contribution < -0.4 is 14.5 Å². The topological polar surface area (TPSA) is 98.1 Å². The molecule has 2 aromatic rings. The molecule has 0 spiro atoms. The molecule has 1 amide bonds. The van der Waals surface area contributed by atoms with Crippen molar-refractivity contribution in [3.63, 3.8) is 0 Å². The van der Waals surface area contributed by atoms with Crippen molar-refractivity contribution in [1.82, 2.24) is 19.8 Å². The fraction of sp³-hybridized carbons (Fsp3) is 0.548. The number of carbonyl (C=O) groups is 1. The summed E-state index contributed by atoms with van der Waals surface area (Å²) in [6.07, 6.45) is -1.12. The van der Waals surface area contributed by atoms with E-state index in [1.165, 1.54) is 23.1 Å². The average molecular weight is 648 g/mol. The number of carbonyl (C=O) groups excluding carboxylic acids is 1. The zero-order chi connectivity index (χ0) is 32.5. The molecule has 3 aliphatic rings. The highest BCUT2D eigenvalue weighted by Crippen LogP contribution is 2.43. The van der Waals surface area contributed by atoms with E-state index in [0.29, 0.717) is 36.8 Å². The summed E-state index contributed by atoms with van der Waals surface area (Å²) >= 11 is 6.04. The number of alkyl halides is 3. The molecule has 0 unspecified atom stereocenters. The lowest BCUT2D eigenvalue weighted by atomic mass is 10.0. The van der Waals surface area contributed by atoms with Gasteiger partial charge in [0.05, 0.1) is 46.7 Å². The van der Waals surface area contributed by atoms with Gasteiger partial charge in [-0.2, -0.15) is 28.4 Å². The van der Waals surface area contributed by atoms with Crippen molar-refractivity contribution in [2.75, 3.05) is 49.6 Å². The number of fused-ring (bicyclic) bond motifs is 1. The van der Waals surface area contributed by atoms with Crippen molar-refractivity contribution in [3.8, 4) is 12.1 Å². The van der Waals surface area contributed by atoms with E-state index >= 15 is 0 Å². The molecule has 1 aromatic carbocycles. The SMILES string of the molecule is CN1CCC[C@H]1COc1nc2c(c(N3C=C(CC#N)N(C(=O)OC(C)(C)C)CC3)n1)CCN(c1cccc(Cl)c1C(F)(F)F)C2. The third-order valence-corrected chi connectivity index (χ3v) is 8.39. The first-order valence-electron chi connectivity index (χ1n) is 14.9. The number of nitrogens with zero attached hydrogens (tertiary/aromatic N) is 7. The Morgan fingerprint density at radius 3 is 2.60 bits per heavy atom. The molecule has 1 aromatic heterocycles. The number of benzene rings is 1. The predicted octanol–water partition coefficient (Wildman–Crippen LogP) is 6.00. The summed E-state index contributed by atoms with van der Waals surface area (Å²) in [4.78, 5) is 29.6. The first-order valence-corrected chi connectivity index (χ1v) is 15.3. The quantitative estimate of drug-likeness (QED) is 0.374. The molecule has 45 heavy (non-hydrogen) atoms. The lowest BCUT2D eigenvalue weighted by molar-refractivity contribution is -0.137. The van der Waals surface area contributed by atoms with Crippen LogP contribution in [0.25, 0.3) is 0 Å². The van der Waals surface area contributed by atoms with E-state index in [0.717, 1.165) is 24.9 Å². The zero-order valence-electron chi connectivity index (χ0n) is 25.8. The molecule has 0 radical (unpaired) electrons. The van der Waals surface area contributed by atoms with Crippen LogP contribution >= 0.6 is 11.6 Å². The number of nitriles is 1. The van der Waals surface area contributed by atoms with Crippen LogP contribution in [0.4, 0.5) is 29.5 Å². The minimum Gasteiger partial charge on any atom is -0.462 e. The Morgan fingerprint density at radius 2 is 1.93 bits per heavy atom. The van der Waals surface area contributed by atoms with Gasteiger partial charge < -0.3 is 24.2 Å². The van der Waals surface area contributed by atoms with Crippen LogP contribution in [0.5, 0.6) is 6.01 Å². The second-order valence-electron chi connectivity index (χ2n) is 12.4. The molecule has 242 valence electrons. The Kier molecular flexibility index (Phi) is 9.37. The number of likely N-dealkylation sites (tertiary alicyclic amines) is 1. The maximum absolute atomic E-state index is 14.1. The molecule has 3 aliphatic heterocycles. The van der Waals surface area contributed by atoms with Crippen molar-refractivity contribution in [2.45, 2.75) is 70.8 Å². The second-order valence-corrected chi connectivity index (χ2v) is 12.8. The number of rotatable bonds is 6. The molecular formula is C31H37ClF3N7O3. The van der Waals surface area contributed by atoms with Gasteiger partial charge in [-0.25, -0.2) is 4.79 Å². The number of allylic oxidation sites excluding steroid dienone is 1. The van der Waals surface area contributed by atoms with Gasteiger partial charge in [-0.3, -0.25) is 4.90 Å². The van der Waals surface area contributed by atoms with Crippen molar-refractivity contribution in [1.29, 1.82) is 5.26 Å². The van der Waals surface area contributed by atoms with Gasteiger partial charge in [0.15, 0.2) is 0 Å². The summed E-state index contributed by atoms with van der Waals surface area (Å²) < 4.78 is 53.8. The highest BCUT2D eigenvalue weighted by molar-refractivity contribution is 6.31. The fourth-order valence-corrected chi connectivity index (χ4v) is 6.17. The van der Waals surface area contributed by atoms with Gasteiger partial charge in [-0.15, -0.1) is 0 Å². The van der Waals surface area contributed by atoms with Crippen LogP contribution in [-0.2, 0) is 23.9 Å². The van der Waals surface area contributed by atoms with Crippen LogP contribution in [0.3, 0.4) is 0 Å². The van der Waals surface area contributed by atoms with Crippen molar-refractivity contribution >= 4 is 29.2 Å². The number of likely N-dealkylation sites (N-methyl/N-ethyl adjacent to an activating group) is 1. The predicted molar refractivity (Wildman–Crippen MR) is 163 cm³/mol. The van der Waals surface area contributed by atoms with Crippen molar-refractivity contribution < 1.29 is 27.4 Å². The molecule has 1 fully saturated rings. The first-order chi connectivity index (χ1) is 21.2. The number of ether oxygens (including phenoxy) is 2. The molecule has 0 aliphatic carbocycles. The number of anilines is 2. The lowest BCUT2D eigenvalue weighted by Gasteiger charge is -2.37. The van der Waals surface area contributed by atoms with E-state index in [-0.39, 0.29) is 48.8 Å². The fourth-order valence-electron chi connectivity index (χ4n) is 5.89. The molecule has 1 atom stereocenters. The third-order valence-electron chi connectivity index (χ3n) is 8.08. The smallest absolute Gasteiger partial charge is 0.419 e. The largest absolute Gasteiger partial charge is 0.462 e. The number of amides is 1. The average Bonchev–Trinajstić information content (AvgIpc) is 3.38. The minimum absolute atomic E-state index is 0.0157. The molecule has 5 rings (SSSR count). The van der Waals surface area contributed by atoms with Gasteiger partial charge in [0, 0.05) is 37.4 Å². The summed E-state index contributed by atoms with van der Waals surface area (Å²) in [5.74, 6) is 0.538. The van der Waals surface area contributed by atoms with Gasteiger partial charge in [-0.05, 0) is 65.8 Å². The van der Waals surface area contributed by atoms with E-state index in [4.69, 9.17) is 31.0 Å². The van der Waals surface area contributed by atoms with Crippen molar-refractivity contribution in [2.24, 2.45) is 0 Å². The molecule has 10 nitrogen and oxygen atoms in total. The molecule has 1 saturated heterocycles. The zero-order valence-corrected chi connectivity index (χ0v) is 26.6. The van der Waals surface area contributed by atoms with Crippen molar-refractivity contribution in [3.05, 3.63) is 51.9 Å². The van der Waals surface area contributed by atoms with Gasteiger partial charge in [0.25, 0.3) is 0 Å². The number of hydrogen-bond donors (Lipinski definition) is 0. The third kappa shape index (κ3) is 7.39. The maximum Gasteiger partial charge on any atom is 0.419 e. The Labute approximate surface area is 266 Å². The van der Waals surface area contributed by atoms with Crippen LogP contribution in [0.15, 0.2) is 30.1 Å². The van der Waals surface area contributed by atoms with Crippen LogP contribution in [0, 0.1) is 11.3 Å². The van der Waals surface area contributed by atoms with E-state index in [9.17, 15) is 23.2 Å². The van der Waals surface area contributed by atoms with Crippen LogP contribution in [0.2, 0.25) is 5.02 Å². The number of hydrogen-bond acceptors (Lipinski definition) is 9. The summed E-state index contributed by atoms with van der Waals surface area (Å²) in [6, 6.07) is 6.60. The van der Waals surface area contributed by atoms with Gasteiger partial charge in [-0.1, -0.05) is 17.7 Å². The van der Waals surface area contributed by atoms with Crippen LogP contribution in [-0.4, -0.2) is 77.3 Å². The van der Waals surface area contributed by atoms with E-state index in [1.807, 2.05) is 11.9 Å². The lowest BCUT2D eigenvalue weighted by Crippen LogP contribution is -2.44. The number of aromatic nitrogens is 2. The first kappa shape index (κ1) is 32.6. The van der Waals surface area contributed by atoms with Gasteiger partial charge in [0.2, 0.25) is 0 Å². The molecular weight excluding hydrogens is 611 g/mol. The summed E-state index contributed by atoms with van der Waals surface area (Å²) in [5.41, 5.74) is 0.152. The highest BCUT2D eigenvalue weighted by atomic mass is 35.5. The second kappa shape index (κ2) is 12.9. The summed E-state index contributed by atoms with van der Waals surface area (Å²) in [6.45, 7) is 7.60. The van der Waals surface area contributed by atoms with Gasteiger partial charge >= 0.3 is 18.3 Å². The van der Waals surface area contributed by atoms with E-state index < -0.39 is 23.4 Å². The van der Waals surface area contributed by atoms with Gasteiger partial charge in [0.1, 0.15) is 18.0 Å². The molecule has 0 bridgehead atoms. The van der Waals surface area contributed by atoms with Crippen LogP contribution in [0.1, 0.15) is 56.9 Å².